The van der Waals surface area contributed by atoms with E-state index in [1.807, 2.05) is 0 Å². The van der Waals surface area contributed by atoms with Crippen molar-refractivity contribution in [3.05, 3.63) is 0 Å². The van der Waals surface area contributed by atoms with Gasteiger partial charge in [-0.2, -0.15) is 0 Å². The van der Waals surface area contributed by atoms with Crippen LogP contribution in [0.15, 0.2) is 0 Å². The summed E-state index contributed by atoms with van der Waals surface area (Å²) < 4.78 is 5.63. The van der Waals surface area contributed by atoms with E-state index in [-0.39, 0.29) is 12.1 Å². The molecule has 2 saturated heterocycles. The SMILES string of the molecule is CC1(C(=O)O)CCN(C(=O)NCCC2CCCCO2)CC1. The maximum atomic E-state index is 12.0. The molecule has 0 radical (unpaired) electrons. The normalized spacial score (nSPS) is 25.4. The lowest BCUT2D eigenvalue weighted by molar-refractivity contribution is -0.150. The molecule has 21 heavy (non-hydrogen) atoms. The Morgan fingerprint density at radius 2 is 2.05 bits per heavy atom. The van der Waals surface area contributed by atoms with Crippen LogP contribution in [0.25, 0.3) is 0 Å². The van der Waals surface area contributed by atoms with Crippen LogP contribution in [-0.2, 0) is 9.53 Å². The van der Waals surface area contributed by atoms with Gasteiger partial charge in [0.2, 0.25) is 0 Å². The number of rotatable bonds is 4. The van der Waals surface area contributed by atoms with Gasteiger partial charge in [0.05, 0.1) is 11.5 Å². The quantitative estimate of drug-likeness (QED) is 0.830. The van der Waals surface area contributed by atoms with Gasteiger partial charge < -0.3 is 20.1 Å². The Hall–Kier alpha value is -1.30. The van der Waals surface area contributed by atoms with Crippen molar-refractivity contribution in [2.24, 2.45) is 5.41 Å². The molecule has 2 aliphatic heterocycles. The highest BCUT2D eigenvalue weighted by atomic mass is 16.5. The topological polar surface area (TPSA) is 78.9 Å². The molecule has 0 aromatic heterocycles. The first-order chi connectivity index (χ1) is 10.0. The zero-order chi connectivity index (χ0) is 15.3. The predicted octanol–water partition coefficient (Wildman–Crippen LogP) is 1.84. The van der Waals surface area contributed by atoms with Gasteiger partial charge in [-0.25, -0.2) is 4.79 Å². The van der Waals surface area contributed by atoms with Crippen LogP contribution >= 0.6 is 0 Å². The Kier molecular flexibility index (Phi) is 5.45. The van der Waals surface area contributed by atoms with Crippen molar-refractivity contribution in [1.29, 1.82) is 0 Å². The molecule has 0 aromatic carbocycles. The summed E-state index contributed by atoms with van der Waals surface area (Å²) in [5.41, 5.74) is -0.688. The van der Waals surface area contributed by atoms with Crippen molar-refractivity contribution in [1.82, 2.24) is 10.2 Å². The smallest absolute Gasteiger partial charge is 0.317 e. The molecular weight excluding hydrogens is 272 g/mol. The van der Waals surface area contributed by atoms with E-state index in [1.54, 1.807) is 11.8 Å². The van der Waals surface area contributed by atoms with Crippen LogP contribution in [0.1, 0.15) is 45.4 Å². The molecule has 0 saturated carbocycles. The first-order valence-corrected chi connectivity index (χ1v) is 7.89. The number of hydrogen-bond donors (Lipinski definition) is 2. The summed E-state index contributed by atoms with van der Waals surface area (Å²) in [5.74, 6) is -0.767. The molecule has 0 spiro atoms. The Bertz CT molecular complexity index is 372. The van der Waals surface area contributed by atoms with Crippen LogP contribution in [0.2, 0.25) is 0 Å². The van der Waals surface area contributed by atoms with E-state index in [0.717, 1.165) is 25.9 Å². The number of nitrogens with one attached hydrogen (secondary N) is 1. The fraction of sp³-hybridized carbons (Fsp3) is 0.867. The summed E-state index contributed by atoms with van der Waals surface area (Å²) in [5, 5.41) is 12.1. The average Bonchev–Trinajstić information content (AvgIpc) is 2.49. The number of amides is 2. The third kappa shape index (κ3) is 4.33. The molecule has 2 heterocycles. The fourth-order valence-corrected chi connectivity index (χ4v) is 2.90. The second kappa shape index (κ2) is 7.11. The summed E-state index contributed by atoms with van der Waals surface area (Å²) in [6.45, 7) is 4.23. The summed E-state index contributed by atoms with van der Waals surface area (Å²) in [4.78, 5) is 24.9. The van der Waals surface area contributed by atoms with Gasteiger partial charge >= 0.3 is 12.0 Å². The number of ether oxygens (including phenoxy) is 1. The van der Waals surface area contributed by atoms with Crippen molar-refractivity contribution in [3.8, 4) is 0 Å². The molecule has 6 nitrogen and oxygen atoms in total. The van der Waals surface area contributed by atoms with E-state index in [0.29, 0.717) is 32.5 Å². The van der Waals surface area contributed by atoms with Gasteiger partial charge in [-0.3, -0.25) is 4.79 Å². The average molecular weight is 298 g/mol. The minimum absolute atomic E-state index is 0.0850. The molecular formula is C15H26N2O4. The Balaban J connectivity index is 1.66. The molecule has 2 rings (SSSR count). The second-order valence-electron chi connectivity index (χ2n) is 6.36. The molecule has 1 unspecified atom stereocenters. The highest BCUT2D eigenvalue weighted by Crippen LogP contribution is 2.30. The minimum Gasteiger partial charge on any atom is -0.481 e. The van der Waals surface area contributed by atoms with E-state index in [4.69, 9.17) is 4.74 Å². The molecule has 0 bridgehead atoms. The summed E-state index contributed by atoms with van der Waals surface area (Å²) in [6, 6.07) is -0.0850. The number of piperidine rings is 1. The van der Waals surface area contributed by atoms with E-state index >= 15 is 0 Å². The Morgan fingerprint density at radius 3 is 2.62 bits per heavy atom. The maximum absolute atomic E-state index is 12.0. The van der Waals surface area contributed by atoms with Gasteiger partial charge in [0.15, 0.2) is 0 Å². The van der Waals surface area contributed by atoms with Crippen LogP contribution in [0.3, 0.4) is 0 Å². The largest absolute Gasteiger partial charge is 0.481 e. The highest BCUT2D eigenvalue weighted by molar-refractivity contribution is 5.76. The standard InChI is InChI=1S/C15H26N2O4/c1-15(13(18)19)6-9-17(10-7-15)14(20)16-8-5-12-4-2-3-11-21-12/h12H,2-11H2,1H3,(H,16,20)(H,18,19). The van der Waals surface area contributed by atoms with Crippen molar-refractivity contribution < 1.29 is 19.4 Å². The number of carboxylic acids is 1. The number of hydrogen-bond acceptors (Lipinski definition) is 3. The van der Waals surface area contributed by atoms with Crippen molar-refractivity contribution in [2.75, 3.05) is 26.2 Å². The second-order valence-corrected chi connectivity index (χ2v) is 6.36. The number of aliphatic carboxylic acids is 1. The van der Waals surface area contributed by atoms with E-state index < -0.39 is 11.4 Å². The lowest BCUT2D eigenvalue weighted by Crippen LogP contribution is -2.49. The number of urea groups is 1. The molecule has 1 atom stereocenters. The maximum Gasteiger partial charge on any atom is 0.317 e. The lowest BCUT2D eigenvalue weighted by atomic mass is 9.80. The minimum atomic E-state index is -0.767. The monoisotopic (exact) mass is 298 g/mol. The van der Waals surface area contributed by atoms with Crippen LogP contribution in [0, 0.1) is 5.41 Å². The van der Waals surface area contributed by atoms with Gasteiger partial charge in [0, 0.05) is 26.2 Å². The summed E-state index contributed by atoms with van der Waals surface area (Å²) in [6.07, 6.45) is 5.58. The van der Waals surface area contributed by atoms with E-state index in [9.17, 15) is 14.7 Å². The molecule has 2 N–H and O–H groups in total. The summed E-state index contributed by atoms with van der Waals surface area (Å²) >= 11 is 0. The molecule has 0 aromatic rings. The van der Waals surface area contributed by atoms with Crippen LogP contribution in [0.4, 0.5) is 4.79 Å². The molecule has 120 valence electrons. The molecule has 6 heteroatoms. The zero-order valence-corrected chi connectivity index (χ0v) is 12.8. The molecule has 2 fully saturated rings. The van der Waals surface area contributed by atoms with Gasteiger partial charge in [-0.1, -0.05) is 0 Å². The van der Waals surface area contributed by atoms with Crippen molar-refractivity contribution in [2.45, 2.75) is 51.6 Å². The number of likely N-dealkylation sites (tertiary alicyclic amines) is 1. The van der Waals surface area contributed by atoms with Crippen molar-refractivity contribution in [3.63, 3.8) is 0 Å². The number of carboxylic acid groups (broad SMARTS) is 1. The third-order valence-electron chi connectivity index (χ3n) is 4.69. The van der Waals surface area contributed by atoms with E-state index in [2.05, 4.69) is 5.32 Å². The number of carbonyl (C=O) groups is 2. The first-order valence-electron chi connectivity index (χ1n) is 7.89. The third-order valence-corrected chi connectivity index (χ3v) is 4.69. The zero-order valence-electron chi connectivity index (χ0n) is 12.8. The lowest BCUT2D eigenvalue weighted by Gasteiger charge is -2.36. The highest BCUT2D eigenvalue weighted by Gasteiger charge is 2.37. The van der Waals surface area contributed by atoms with Gasteiger partial charge in [0.1, 0.15) is 0 Å². The fourth-order valence-electron chi connectivity index (χ4n) is 2.90. The van der Waals surface area contributed by atoms with E-state index in [1.165, 1.54) is 6.42 Å². The van der Waals surface area contributed by atoms with Gasteiger partial charge in [0.25, 0.3) is 0 Å². The van der Waals surface area contributed by atoms with Crippen LogP contribution in [0.5, 0.6) is 0 Å². The van der Waals surface area contributed by atoms with Crippen molar-refractivity contribution >= 4 is 12.0 Å². The molecule has 0 aliphatic carbocycles. The van der Waals surface area contributed by atoms with Crippen LogP contribution in [-0.4, -0.2) is 54.4 Å². The first kappa shape index (κ1) is 16.1. The Morgan fingerprint density at radius 1 is 1.33 bits per heavy atom. The number of nitrogens with zero attached hydrogens (tertiary/aromatic N) is 1. The van der Waals surface area contributed by atoms with Gasteiger partial charge in [-0.15, -0.1) is 0 Å². The molecule has 2 aliphatic rings. The summed E-state index contributed by atoms with van der Waals surface area (Å²) in [7, 11) is 0. The predicted molar refractivity (Wildman–Crippen MR) is 78.2 cm³/mol. The van der Waals surface area contributed by atoms with Gasteiger partial charge in [-0.05, 0) is 45.4 Å². The molecule has 2 amide bonds. The van der Waals surface area contributed by atoms with Crippen LogP contribution < -0.4 is 5.32 Å². The Labute approximate surface area is 125 Å². The number of carbonyl (C=O) groups excluding carboxylic acids is 1.